The van der Waals surface area contributed by atoms with Gasteiger partial charge in [-0.25, -0.2) is 9.97 Å². The van der Waals surface area contributed by atoms with Crippen molar-refractivity contribution in [1.29, 1.82) is 0 Å². The Hall–Kier alpha value is -1.46. The molecule has 1 atom stereocenters. The quantitative estimate of drug-likeness (QED) is 0.940. The Balaban J connectivity index is 2.07. The molecule has 4 nitrogen and oxygen atoms in total. The number of ether oxygens (including phenoxy) is 1. The van der Waals surface area contributed by atoms with Crippen LogP contribution in [0.4, 0.5) is 0 Å². The average molecular weight is 292 g/mol. The van der Waals surface area contributed by atoms with Gasteiger partial charge in [0.05, 0.1) is 23.9 Å². The van der Waals surface area contributed by atoms with Crippen molar-refractivity contribution in [2.45, 2.75) is 38.7 Å². The molecule has 2 aromatic heterocycles. The zero-order valence-electron chi connectivity index (χ0n) is 12.3. The minimum Gasteiger partial charge on any atom is -0.481 e. The van der Waals surface area contributed by atoms with E-state index < -0.39 is 6.10 Å². The highest BCUT2D eigenvalue weighted by Crippen LogP contribution is 2.26. The van der Waals surface area contributed by atoms with Gasteiger partial charge in [-0.05, 0) is 11.6 Å². The van der Waals surface area contributed by atoms with Gasteiger partial charge in [-0.15, -0.1) is 11.3 Å². The topological polar surface area (TPSA) is 55.2 Å². The molecule has 2 aromatic rings. The van der Waals surface area contributed by atoms with Gasteiger partial charge >= 0.3 is 0 Å². The van der Waals surface area contributed by atoms with Gasteiger partial charge < -0.3 is 9.84 Å². The molecule has 5 heteroatoms. The SMILES string of the molecule is COc1ccc(C(O)Cc2nc(C(C)(C)C)cs2)cn1. The van der Waals surface area contributed by atoms with Crippen molar-refractivity contribution in [3.8, 4) is 5.88 Å². The van der Waals surface area contributed by atoms with Crippen LogP contribution in [0.15, 0.2) is 23.7 Å². The zero-order valence-corrected chi connectivity index (χ0v) is 13.1. The molecule has 0 saturated heterocycles. The second-order valence-corrected chi connectivity index (χ2v) is 6.67. The number of hydrogen-bond acceptors (Lipinski definition) is 5. The Morgan fingerprint density at radius 1 is 1.35 bits per heavy atom. The number of hydrogen-bond donors (Lipinski definition) is 1. The van der Waals surface area contributed by atoms with Crippen molar-refractivity contribution in [1.82, 2.24) is 9.97 Å². The van der Waals surface area contributed by atoms with Crippen LogP contribution in [0.5, 0.6) is 5.88 Å². The lowest BCUT2D eigenvalue weighted by atomic mass is 9.93. The number of nitrogens with zero attached hydrogens (tertiary/aromatic N) is 2. The van der Waals surface area contributed by atoms with Crippen molar-refractivity contribution >= 4 is 11.3 Å². The summed E-state index contributed by atoms with van der Waals surface area (Å²) >= 11 is 1.59. The fraction of sp³-hybridized carbons (Fsp3) is 0.467. The highest BCUT2D eigenvalue weighted by Gasteiger charge is 2.19. The molecular formula is C15H20N2O2S. The first-order valence-corrected chi connectivity index (χ1v) is 7.41. The summed E-state index contributed by atoms with van der Waals surface area (Å²) in [5, 5.41) is 13.2. The van der Waals surface area contributed by atoms with Crippen molar-refractivity contribution < 1.29 is 9.84 Å². The molecule has 0 aliphatic carbocycles. The first kappa shape index (κ1) is 14.9. The molecule has 0 saturated carbocycles. The Bertz CT molecular complexity index is 558. The largest absolute Gasteiger partial charge is 0.481 e. The molecule has 0 aliphatic rings. The maximum absolute atomic E-state index is 10.2. The van der Waals surface area contributed by atoms with Gasteiger partial charge in [0.15, 0.2) is 0 Å². The lowest BCUT2D eigenvalue weighted by Crippen LogP contribution is -2.12. The van der Waals surface area contributed by atoms with Gasteiger partial charge in [-0.2, -0.15) is 0 Å². The van der Waals surface area contributed by atoms with Gasteiger partial charge in [0.1, 0.15) is 0 Å². The van der Waals surface area contributed by atoms with Crippen molar-refractivity contribution in [2.75, 3.05) is 7.11 Å². The van der Waals surface area contributed by atoms with Crippen molar-refractivity contribution in [2.24, 2.45) is 0 Å². The highest BCUT2D eigenvalue weighted by atomic mass is 32.1. The van der Waals surface area contributed by atoms with Crippen LogP contribution in [0.25, 0.3) is 0 Å². The van der Waals surface area contributed by atoms with Crippen LogP contribution in [-0.4, -0.2) is 22.2 Å². The molecule has 0 aromatic carbocycles. The monoisotopic (exact) mass is 292 g/mol. The summed E-state index contributed by atoms with van der Waals surface area (Å²) in [5.74, 6) is 0.546. The van der Waals surface area contributed by atoms with E-state index >= 15 is 0 Å². The summed E-state index contributed by atoms with van der Waals surface area (Å²) in [7, 11) is 1.57. The van der Waals surface area contributed by atoms with E-state index in [9.17, 15) is 5.11 Å². The molecule has 0 fully saturated rings. The third kappa shape index (κ3) is 3.55. The van der Waals surface area contributed by atoms with Gasteiger partial charge in [0, 0.05) is 29.5 Å². The van der Waals surface area contributed by atoms with Crippen LogP contribution in [-0.2, 0) is 11.8 Å². The summed E-state index contributed by atoms with van der Waals surface area (Å²) in [6.07, 6.45) is 1.56. The minimum atomic E-state index is -0.590. The molecule has 1 unspecified atom stereocenters. The van der Waals surface area contributed by atoms with E-state index in [4.69, 9.17) is 4.74 Å². The van der Waals surface area contributed by atoms with Crippen molar-refractivity contribution in [3.05, 3.63) is 40.0 Å². The summed E-state index contributed by atoms with van der Waals surface area (Å²) in [6, 6.07) is 3.58. The fourth-order valence-corrected chi connectivity index (χ4v) is 2.80. The van der Waals surface area contributed by atoms with E-state index in [1.807, 2.05) is 6.07 Å². The molecule has 0 radical (unpaired) electrons. The molecular weight excluding hydrogens is 272 g/mol. The summed E-state index contributed by atoms with van der Waals surface area (Å²) in [4.78, 5) is 8.70. The molecule has 2 heterocycles. The van der Waals surface area contributed by atoms with Crippen LogP contribution in [0.2, 0.25) is 0 Å². The number of pyridine rings is 1. The summed E-state index contributed by atoms with van der Waals surface area (Å²) in [5.41, 5.74) is 1.89. The zero-order chi connectivity index (χ0) is 14.8. The van der Waals surface area contributed by atoms with E-state index in [1.165, 1.54) is 0 Å². The van der Waals surface area contributed by atoms with E-state index in [0.717, 1.165) is 16.3 Å². The maximum Gasteiger partial charge on any atom is 0.212 e. The highest BCUT2D eigenvalue weighted by molar-refractivity contribution is 7.09. The first-order chi connectivity index (χ1) is 9.40. The molecule has 0 spiro atoms. The number of aliphatic hydroxyl groups excluding tert-OH is 1. The first-order valence-electron chi connectivity index (χ1n) is 6.53. The number of aliphatic hydroxyl groups is 1. The molecule has 0 bridgehead atoms. The second kappa shape index (κ2) is 5.89. The van der Waals surface area contributed by atoms with Crippen LogP contribution in [0.3, 0.4) is 0 Å². The number of aromatic nitrogens is 2. The molecule has 0 amide bonds. The Labute approximate surface area is 123 Å². The van der Waals surface area contributed by atoms with Gasteiger partial charge in [-0.3, -0.25) is 0 Å². The van der Waals surface area contributed by atoms with E-state index in [-0.39, 0.29) is 5.41 Å². The van der Waals surface area contributed by atoms with Crippen molar-refractivity contribution in [3.63, 3.8) is 0 Å². The van der Waals surface area contributed by atoms with Gasteiger partial charge in [0.25, 0.3) is 0 Å². The lowest BCUT2D eigenvalue weighted by Gasteiger charge is -2.14. The smallest absolute Gasteiger partial charge is 0.212 e. The number of methoxy groups -OCH3 is 1. The van der Waals surface area contributed by atoms with Crippen LogP contribution in [0.1, 0.15) is 43.1 Å². The Morgan fingerprint density at radius 2 is 2.10 bits per heavy atom. The second-order valence-electron chi connectivity index (χ2n) is 5.73. The van der Waals surface area contributed by atoms with Crippen LogP contribution < -0.4 is 4.74 Å². The third-order valence-electron chi connectivity index (χ3n) is 3.04. The Morgan fingerprint density at radius 3 is 2.60 bits per heavy atom. The fourth-order valence-electron chi connectivity index (χ4n) is 1.74. The maximum atomic E-state index is 10.2. The molecule has 2 rings (SSSR count). The van der Waals surface area contributed by atoms with Crippen LogP contribution in [0, 0.1) is 0 Å². The molecule has 108 valence electrons. The van der Waals surface area contributed by atoms with E-state index in [2.05, 4.69) is 36.1 Å². The van der Waals surface area contributed by atoms with E-state index in [0.29, 0.717) is 12.3 Å². The number of rotatable bonds is 4. The Kier molecular flexibility index (Phi) is 4.40. The minimum absolute atomic E-state index is 0.0430. The summed E-state index contributed by atoms with van der Waals surface area (Å²) < 4.78 is 5.00. The number of thiazole rings is 1. The standard InChI is InChI=1S/C15H20N2O2S/c1-15(2,3)12-9-20-14(17-12)7-11(18)10-5-6-13(19-4)16-8-10/h5-6,8-9,11,18H,7H2,1-4H3. The molecule has 0 aliphatic heterocycles. The van der Waals surface area contributed by atoms with Gasteiger partial charge in [0.2, 0.25) is 5.88 Å². The molecule has 20 heavy (non-hydrogen) atoms. The predicted octanol–water partition coefficient (Wildman–Crippen LogP) is 3.12. The average Bonchev–Trinajstić information content (AvgIpc) is 2.87. The predicted molar refractivity (Wildman–Crippen MR) is 80.3 cm³/mol. The molecule has 1 N–H and O–H groups in total. The summed E-state index contributed by atoms with van der Waals surface area (Å²) in [6.45, 7) is 6.40. The van der Waals surface area contributed by atoms with Gasteiger partial charge in [-0.1, -0.05) is 20.8 Å². The van der Waals surface area contributed by atoms with Crippen LogP contribution >= 0.6 is 11.3 Å². The normalized spacial score (nSPS) is 13.2. The third-order valence-corrected chi connectivity index (χ3v) is 3.91. The van der Waals surface area contributed by atoms with E-state index in [1.54, 1.807) is 30.7 Å². The lowest BCUT2D eigenvalue weighted by molar-refractivity contribution is 0.177.